The van der Waals surface area contributed by atoms with Crippen LogP contribution in [0.5, 0.6) is 0 Å². The number of aryl methyl sites for hydroxylation is 1. The molecule has 0 aliphatic rings. The molecule has 4 heteroatoms. The first kappa shape index (κ1) is 23.3. The second kappa shape index (κ2) is 9.02. The molecule has 3 rings (SSSR count). The summed E-state index contributed by atoms with van der Waals surface area (Å²) < 4.78 is 2.16. The minimum atomic E-state index is -0.377. The molecule has 2 aromatic carbocycles. The first-order valence-corrected chi connectivity index (χ1v) is 11.2. The Bertz CT molecular complexity index is 1030. The number of pyridine rings is 1. The Morgan fingerprint density at radius 1 is 0.839 bits per heavy atom. The van der Waals surface area contributed by atoms with Gasteiger partial charge in [0, 0.05) is 22.7 Å². The largest absolute Gasteiger partial charge is 0.246 e. The molecule has 0 saturated heterocycles. The molecule has 0 saturated carbocycles. The van der Waals surface area contributed by atoms with Crippen molar-refractivity contribution < 1.29 is 9.40 Å². The number of hydrogen-bond donors (Lipinski definition) is 0. The van der Waals surface area contributed by atoms with Gasteiger partial charge in [0.05, 0.1) is 5.60 Å². The van der Waals surface area contributed by atoms with Crippen LogP contribution in [-0.2, 0) is 16.8 Å². The molecule has 0 aliphatic carbocycles. The van der Waals surface area contributed by atoms with Crippen LogP contribution >= 0.6 is 11.6 Å². The first-order chi connectivity index (χ1) is 14.5. The lowest BCUT2D eigenvalue weighted by molar-refractivity contribution is -0.693. The maximum atomic E-state index is 6.17. The van der Waals surface area contributed by atoms with Gasteiger partial charge in [-0.1, -0.05) is 44.5 Å². The Kier molecular flexibility index (Phi) is 6.78. The van der Waals surface area contributed by atoms with Gasteiger partial charge in [0.2, 0.25) is 0 Å². The molecule has 0 atom stereocenters. The Hall–Kier alpha value is -2.36. The predicted molar refractivity (Wildman–Crippen MR) is 130 cm³/mol. The van der Waals surface area contributed by atoms with Crippen molar-refractivity contribution in [1.82, 2.24) is 5.48 Å². The molecule has 0 spiro atoms. The van der Waals surface area contributed by atoms with Gasteiger partial charge in [-0.2, -0.15) is 0 Å². The third-order valence-electron chi connectivity index (χ3n) is 5.07. The molecule has 0 fully saturated rings. The van der Waals surface area contributed by atoms with E-state index in [-0.39, 0.29) is 11.0 Å². The van der Waals surface area contributed by atoms with Crippen molar-refractivity contribution in [3.8, 4) is 22.3 Å². The Balaban J connectivity index is 2.24. The quantitative estimate of drug-likeness (QED) is 0.305. The van der Waals surface area contributed by atoms with E-state index in [2.05, 4.69) is 74.4 Å². The van der Waals surface area contributed by atoms with Crippen molar-refractivity contribution in [3.05, 3.63) is 71.5 Å². The van der Waals surface area contributed by atoms with Crippen molar-refractivity contribution in [2.75, 3.05) is 0 Å². The molecule has 0 aliphatic heterocycles. The van der Waals surface area contributed by atoms with Crippen LogP contribution in [0.3, 0.4) is 0 Å². The van der Waals surface area contributed by atoms with E-state index in [1.807, 2.05) is 45.0 Å². The Labute approximate surface area is 192 Å². The standard InChI is InChI=1S/C27H33ClN2O/c1-8-30-15-13-19(14-16-30)21-17-23(20-9-11-22(28)12-10-20)25(29-31-27(5,6)7)24(18-21)26(2,3)4/h9-18H,8H2,1-7H3/q+1. The second-order valence-corrected chi connectivity index (χ2v) is 10.3. The summed E-state index contributed by atoms with van der Waals surface area (Å²) in [6.07, 6.45) is 4.24. The lowest BCUT2D eigenvalue weighted by Gasteiger charge is -2.27. The summed E-state index contributed by atoms with van der Waals surface area (Å²) in [6.45, 7) is 15.8. The molecule has 3 nitrogen and oxygen atoms in total. The fraction of sp³-hybridized carbons (Fsp3) is 0.370. The predicted octanol–water partition coefficient (Wildman–Crippen LogP) is 7.24. The monoisotopic (exact) mass is 436 g/mol. The van der Waals surface area contributed by atoms with Crippen molar-refractivity contribution >= 4 is 17.3 Å². The molecule has 0 bridgehead atoms. The van der Waals surface area contributed by atoms with Crippen molar-refractivity contribution in [2.45, 2.75) is 66.0 Å². The SMILES string of the molecule is CC[n+]1ccc(-c2cc(-c3ccc(Cl)cc3)c([N]OC(C)(C)C)c(C(C)(C)C)c2)cc1. The molecular formula is C27H33ClN2O+. The summed E-state index contributed by atoms with van der Waals surface area (Å²) in [5.74, 6) is 0. The van der Waals surface area contributed by atoms with Crippen LogP contribution in [0, 0.1) is 0 Å². The van der Waals surface area contributed by atoms with Crippen LogP contribution < -0.4 is 10.0 Å². The maximum absolute atomic E-state index is 6.17. The van der Waals surface area contributed by atoms with Crippen molar-refractivity contribution in [1.29, 1.82) is 0 Å². The van der Waals surface area contributed by atoms with Gasteiger partial charge in [-0.3, -0.25) is 0 Å². The van der Waals surface area contributed by atoms with Gasteiger partial charge in [0.1, 0.15) is 12.2 Å². The van der Waals surface area contributed by atoms with Crippen molar-refractivity contribution in [3.63, 3.8) is 0 Å². The molecule has 3 aromatic rings. The highest BCUT2D eigenvalue weighted by atomic mass is 35.5. The van der Waals surface area contributed by atoms with E-state index in [9.17, 15) is 0 Å². The molecule has 163 valence electrons. The topological polar surface area (TPSA) is 27.2 Å². The van der Waals surface area contributed by atoms with E-state index >= 15 is 0 Å². The molecule has 0 amide bonds. The highest BCUT2D eigenvalue weighted by molar-refractivity contribution is 6.30. The zero-order valence-corrected chi connectivity index (χ0v) is 20.4. The highest BCUT2D eigenvalue weighted by Crippen LogP contribution is 2.41. The maximum Gasteiger partial charge on any atom is 0.169 e. The van der Waals surface area contributed by atoms with E-state index in [1.165, 1.54) is 5.56 Å². The van der Waals surface area contributed by atoms with Crippen LogP contribution in [-0.4, -0.2) is 5.60 Å². The lowest BCUT2D eigenvalue weighted by atomic mass is 9.81. The first-order valence-electron chi connectivity index (χ1n) is 10.8. The van der Waals surface area contributed by atoms with Gasteiger partial charge < -0.3 is 0 Å². The third kappa shape index (κ3) is 5.87. The average molecular weight is 437 g/mol. The summed E-state index contributed by atoms with van der Waals surface area (Å²) in [7, 11) is 0. The molecule has 1 radical (unpaired) electrons. The fourth-order valence-corrected chi connectivity index (χ4v) is 3.49. The summed E-state index contributed by atoms with van der Waals surface area (Å²) >= 11 is 6.17. The minimum Gasteiger partial charge on any atom is -0.246 e. The number of benzene rings is 2. The van der Waals surface area contributed by atoms with Crippen LogP contribution in [0.2, 0.25) is 5.02 Å². The molecule has 1 aromatic heterocycles. The second-order valence-electron chi connectivity index (χ2n) is 9.89. The van der Waals surface area contributed by atoms with Crippen LogP contribution in [0.4, 0.5) is 5.69 Å². The highest BCUT2D eigenvalue weighted by Gasteiger charge is 2.25. The Morgan fingerprint density at radius 3 is 1.97 bits per heavy atom. The Morgan fingerprint density at radius 2 is 1.45 bits per heavy atom. The van der Waals surface area contributed by atoms with Gasteiger partial charge in [-0.15, -0.1) is 5.48 Å². The van der Waals surface area contributed by atoms with Gasteiger partial charge in [-0.05, 0) is 79.6 Å². The molecule has 0 unspecified atom stereocenters. The zero-order valence-electron chi connectivity index (χ0n) is 19.7. The zero-order chi connectivity index (χ0) is 22.8. The molecular weight excluding hydrogens is 404 g/mol. The lowest BCUT2D eigenvalue weighted by Crippen LogP contribution is -2.30. The normalized spacial score (nSPS) is 12.1. The van der Waals surface area contributed by atoms with Gasteiger partial charge in [0.15, 0.2) is 12.4 Å². The van der Waals surface area contributed by atoms with Crippen LogP contribution in [0.1, 0.15) is 54.0 Å². The number of aromatic nitrogens is 1. The van der Waals surface area contributed by atoms with Crippen LogP contribution in [0.25, 0.3) is 22.3 Å². The van der Waals surface area contributed by atoms with Gasteiger partial charge in [-0.25, -0.2) is 9.40 Å². The van der Waals surface area contributed by atoms with Gasteiger partial charge in [0.25, 0.3) is 0 Å². The number of nitrogens with zero attached hydrogens (tertiary/aromatic N) is 2. The van der Waals surface area contributed by atoms with E-state index in [0.717, 1.165) is 34.5 Å². The summed E-state index contributed by atoms with van der Waals surface area (Å²) in [5.41, 5.74) is 10.6. The summed E-state index contributed by atoms with van der Waals surface area (Å²) in [4.78, 5) is 5.91. The van der Waals surface area contributed by atoms with Crippen LogP contribution in [0.15, 0.2) is 60.9 Å². The number of hydrogen-bond acceptors (Lipinski definition) is 1. The van der Waals surface area contributed by atoms with E-state index in [1.54, 1.807) is 0 Å². The smallest absolute Gasteiger partial charge is 0.169 e. The minimum absolute atomic E-state index is 0.116. The van der Waals surface area contributed by atoms with E-state index in [0.29, 0.717) is 5.02 Å². The molecule has 31 heavy (non-hydrogen) atoms. The molecule has 0 N–H and O–H groups in total. The van der Waals surface area contributed by atoms with Crippen molar-refractivity contribution in [2.24, 2.45) is 0 Å². The number of halogens is 1. The third-order valence-corrected chi connectivity index (χ3v) is 5.33. The average Bonchev–Trinajstić information content (AvgIpc) is 2.71. The fourth-order valence-electron chi connectivity index (χ4n) is 3.36. The van der Waals surface area contributed by atoms with E-state index < -0.39 is 0 Å². The van der Waals surface area contributed by atoms with E-state index in [4.69, 9.17) is 16.4 Å². The van der Waals surface area contributed by atoms with Gasteiger partial charge >= 0.3 is 0 Å². The molecule has 1 heterocycles. The summed E-state index contributed by atoms with van der Waals surface area (Å²) in [6, 6.07) is 16.7. The summed E-state index contributed by atoms with van der Waals surface area (Å²) in [5, 5.41) is 0.715. The number of rotatable bonds is 5.